The molecule has 3 rings (SSSR count). The molecule has 1 unspecified atom stereocenters. The van der Waals surface area contributed by atoms with Crippen LogP contribution in [0.4, 0.5) is 0 Å². The second-order valence-electron chi connectivity index (χ2n) is 6.03. The summed E-state index contributed by atoms with van der Waals surface area (Å²) in [7, 11) is 0. The molecule has 2 aromatic rings. The molecule has 3 atom stereocenters. The van der Waals surface area contributed by atoms with Gasteiger partial charge in [-0.3, -0.25) is 9.88 Å². The minimum atomic E-state index is 0.302. The first-order valence-corrected chi connectivity index (χ1v) is 7.90. The average molecular weight is 284 g/mol. The Balaban J connectivity index is 1.89. The number of fused-ring (bicyclic) bond motifs is 1. The maximum Gasteiger partial charge on any atom is 0.0890 e. The average Bonchev–Trinajstić information content (AvgIpc) is 2.53. The van der Waals surface area contributed by atoms with Crippen molar-refractivity contribution in [1.82, 2.24) is 20.2 Å². The number of hydrogen-bond donors (Lipinski definition) is 1. The van der Waals surface area contributed by atoms with Gasteiger partial charge in [-0.25, -0.2) is 4.98 Å². The van der Waals surface area contributed by atoms with Gasteiger partial charge in [0.25, 0.3) is 0 Å². The molecule has 0 radical (unpaired) electrons. The predicted octanol–water partition coefficient (Wildman–Crippen LogP) is 2.76. The third-order valence-electron chi connectivity index (χ3n) is 4.52. The number of hydrogen-bond acceptors (Lipinski definition) is 4. The second-order valence-corrected chi connectivity index (χ2v) is 6.03. The number of rotatable bonds is 3. The zero-order chi connectivity index (χ0) is 14.8. The number of aromatic nitrogens is 2. The maximum absolute atomic E-state index is 4.82. The van der Waals surface area contributed by atoms with Gasteiger partial charge in [-0.2, -0.15) is 0 Å². The van der Waals surface area contributed by atoms with Crippen LogP contribution in [-0.2, 0) is 0 Å². The molecule has 0 saturated carbocycles. The minimum absolute atomic E-state index is 0.302. The molecular formula is C17H24N4. The van der Waals surface area contributed by atoms with Gasteiger partial charge in [-0.15, -0.1) is 0 Å². The first-order chi connectivity index (χ1) is 10.2. The Morgan fingerprint density at radius 1 is 1.33 bits per heavy atom. The third kappa shape index (κ3) is 2.92. The fraction of sp³-hybridized carbons (Fsp3) is 0.529. The van der Waals surface area contributed by atoms with Gasteiger partial charge >= 0.3 is 0 Å². The summed E-state index contributed by atoms with van der Waals surface area (Å²) in [5, 5.41) is 3.57. The molecule has 4 heteroatoms. The molecular weight excluding hydrogens is 260 g/mol. The normalized spacial score (nSPS) is 25.1. The van der Waals surface area contributed by atoms with E-state index in [9.17, 15) is 0 Å². The van der Waals surface area contributed by atoms with E-state index in [1.165, 1.54) is 0 Å². The molecule has 0 amide bonds. The van der Waals surface area contributed by atoms with E-state index in [0.29, 0.717) is 18.1 Å². The van der Waals surface area contributed by atoms with Crippen molar-refractivity contribution in [3.05, 3.63) is 36.2 Å². The molecule has 1 fully saturated rings. The maximum atomic E-state index is 4.82. The fourth-order valence-electron chi connectivity index (χ4n) is 3.18. The highest BCUT2D eigenvalue weighted by molar-refractivity contribution is 5.73. The summed E-state index contributed by atoms with van der Waals surface area (Å²) < 4.78 is 0. The topological polar surface area (TPSA) is 41.0 Å². The summed E-state index contributed by atoms with van der Waals surface area (Å²) in [4.78, 5) is 12.0. The quantitative estimate of drug-likeness (QED) is 0.941. The Labute approximate surface area is 126 Å². The van der Waals surface area contributed by atoms with Crippen LogP contribution in [0, 0.1) is 0 Å². The monoisotopic (exact) mass is 284 g/mol. The molecule has 1 aliphatic heterocycles. The Hall–Kier alpha value is -1.52. The number of benzene rings is 1. The van der Waals surface area contributed by atoms with Crippen LogP contribution >= 0.6 is 0 Å². The molecule has 1 aromatic carbocycles. The van der Waals surface area contributed by atoms with Crippen molar-refractivity contribution < 1.29 is 0 Å². The van der Waals surface area contributed by atoms with Crippen LogP contribution in [0.15, 0.2) is 30.5 Å². The third-order valence-corrected chi connectivity index (χ3v) is 4.52. The van der Waals surface area contributed by atoms with E-state index >= 15 is 0 Å². The summed E-state index contributed by atoms with van der Waals surface area (Å²) in [6, 6.07) is 9.48. The Morgan fingerprint density at radius 2 is 2.10 bits per heavy atom. The van der Waals surface area contributed by atoms with E-state index in [2.05, 4.69) is 36.0 Å². The molecule has 4 nitrogen and oxygen atoms in total. The van der Waals surface area contributed by atoms with Crippen LogP contribution in [0.25, 0.3) is 11.0 Å². The van der Waals surface area contributed by atoms with E-state index in [4.69, 9.17) is 4.98 Å². The van der Waals surface area contributed by atoms with Gasteiger partial charge in [-0.1, -0.05) is 19.1 Å². The highest BCUT2D eigenvalue weighted by Gasteiger charge is 2.29. The van der Waals surface area contributed by atoms with Crippen molar-refractivity contribution in [2.24, 2.45) is 0 Å². The van der Waals surface area contributed by atoms with Gasteiger partial charge in [0, 0.05) is 25.2 Å². The second kappa shape index (κ2) is 6.08. The van der Waals surface area contributed by atoms with Gasteiger partial charge in [0.15, 0.2) is 0 Å². The van der Waals surface area contributed by atoms with E-state index in [-0.39, 0.29) is 0 Å². The lowest BCUT2D eigenvalue weighted by Gasteiger charge is -2.42. The minimum Gasteiger partial charge on any atom is -0.311 e. The van der Waals surface area contributed by atoms with Gasteiger partial charge in [0.2, 0.25) is 0 Å². The zero-order valence-electron chi connectivity index (χ0n) is 13.1. The van der Waals surface area contributed by atoms with E-state index in [1.54, 1.807) is 0 Å². The molecule has 1 saturated heterocycles. The molecule has 1 N–H and O–H groups in total. The summed E-state index contributed by atoms with van der Waals surface area (Å²) in [5.41, 5.74) is 3.02. The van der Waals surface area contributed by atoms with Crippen LogP contribution in [0.2, 0.25) is 0 Å². The van der Waals surface area contributed by atoms with Crippen LogP contribution in [-0.4, -0.2) is 40.0 Å². The largest absolute Gasteiger partial charge is 0.311 e. The van der Waals surface area contributed by atoms with E-state index in [1.807, 2.05) is 30.5 Å². The molecule has 0 spiro atoms. The fourth-order valence-corrected chi connectivity index (χ4v) is 3.18. The van der Waals surface area contributed by atoms with E-state index < -0.39 is 0 Å². The van der Waals surface area contributed by atoms with Crippen molar-refractivity contribution in [2.75, 3.05) is 13.1 Å². The molecule has 2 heterocycles. The first-order valence-electron chi connectivity index (χ1n) is 7.90. The molecule has 1 aliphatic rings. The molecule has 21 heavy (non-hydrogen) atoms. The zero-order valence-corrected chi connectivity index (χ0v) is 13.1. The predicted molar refractivity (Wildman–Crippen MR) is 86.2 cm³/mol. The summed E-state index contributed by atoms with van der Waals surface area (Å²) in [5.74, 6) is 0. The van der Waals surface area contributed by atoms with Crippen LogP contribution in [0.3, 0.4) is 0 Å². The Bertz CT molecular complexity index is 613. The van der Waals surface area contributed by atoms with Gasteiger partial charge in [-0.05, 0) is 32.4 Å². The molecule has 112 valence electrons. The summed E-state index contributed by atoms with van der Waals surface area (Å²) in [6.45, 7) is 8.88. The van der Waals surface area contributed by atoms with Crippen molar-refractivity contribution in [2.45, 2.75) is 45.3 Å². The number of piperazine rings is 1. The van der Waals surface area contributed by atoms with E-state index in [0.717, 1.165) is 36.2 Å². The van der Waals surface area contributed by atoms with Crippen LogP contribution in [0.1, 0.15) is 38.9 Å². The lowest BCUT2D eigenvalue weighted by molar-refractivity contribution is 0.0885. The highest BCUT2D eigenvalue weighted by atomic mass is 15.3. The Morgan fingerprint density at radius 3 is 2.86 bits per heavy atom. The SMILES string of the molecule is CC[C@@H]1CN[C@@H](C)CN1C(C)c1cnc2ccccc2n1. The van der Waals surface area contributed by atoms with Crippen molar-refractivity contribution in [3.63, 3.8) is 0 Å². The molecule has 0 bridgehead atoms. The number of para-hydroxylation sites is 2. The van der Waals surface area contributed by atoms with Crippen LogP contribution in [0.5, 0.6) is 0 Å². The summed E-state index contributed by atoms with van der Waals surface area (Å²) in [6.07, 6.45) is 3.09. The first kappa shape index (κ1) is 14.4. The lowest BCUT2D eigenvalue weighted by Crippen LogP contribution is -2.55. The van der Waals surface area contributed by atoms with Gasteiger partial charge < -0.3 is 5.32 Å². The van der Waals surface area contributed by atoms with Crippen LogP contribution < -0.4 is 5.32 Å². The smallest absolute Gasteiger partial charge is 0.0890 e. The number of nitrogens with zero attached hydrogens (tertiary/aromatic N) is 3. The van der Waals surface area contributed by atoms with Gasteiger partial charge in [0.1, 0.15) is 0 Å². The Kier molecular flexibility index (Phi) is 4.17. The van der Waals surface area contributed by atoms with Crippen molar-refractivity contribution >= 4 is 11.0 Å². The molecule has 1 aromatic heterocycles. The number of nitrogens with one attached hydrogen (secondary N) is 1. The summed E-state index contributed by atoms with van der Waals surface area (Å²) >= 11 is 0. The molecule has 0 aliphatic carbocycles. The van der Waals surface area contributed by atoms with Crippen molar-refractivity contribution in [1.29, 1.82) is 0 Å². The van der Waals surface area contributed by atoms with Crippen molar-refractivity contribution in [3.8, 4) is 0 Å². The lowest BCUT2D eigenvalue weighted by atomic mass is 10.0. The standard InChI is InChI=1S/C17H24N4/c1-4-14-9-18-12(2)11-21(14)13(3)17-10-19-15-7-5-6-8-16(15)20-17/h5-8,10,12-14,18H,4,9,11H2,1-3H3/t12-,13?,14+/m0/s1. The van der Waals surface area contributed by atoms with Gasteiger partial charge in [0.05, 0.1) is 29.0 Å². The highest BCUT2D eigenvalue weighted by Crippen LogP contribution is 2.25.